The van der Waals surface area contributed by atoms with E-state index in [4.69, 9.17) is 6.57 Å². The summed E-state index contributed by atoms with van der Waals surface area (Å²) in [6.45, 7) is 23.7. The van der Waals surface area contributed by atoms with Gasteiger partial charge in [0.2, 0.25) is 17.4 Å². The molecule has 0 saturated heterocycles. The van der Waals surface area contributed by atoms with Crippen molar-refractivity contribution < 1.29 is 51.6 Å². The van der Waals surface area contributed by atoms with Crippen LogP contribution >= 0.6 is 0 Å². The fraction of sp³-hybridized carbons (Fsp3) is 0.295. The summed E-state index contributed by atoms with van der Waals surface area (Å²) in [5.41, 5.74) is 5.55. The summed E-state index contributed by atoms with van der Waals surface area (Å²) in [6.07, 6.45) is 5.18. The first-order chi connectivity index (χ1) is 39.4. The van der Waals surface area contributed by atoms with Crippen molar-refractivity contribution in [3.63, 3.8) is 0 Å². The summed E-state index contributed by atoms with van der Waals surface area (Å²) in [6, 6.07) is 30.3. The van der Waals surface area contributed by atoms with E-state index in [1.165, 1.54) is 58.5 Å². The zero-order valence-electron chi connectivity index (χ0n) is 48.0. The summed E-state index contributed by atoms with van der Waals surface area (Å²) in [5.74, 6) is -1.60. The number of unbranched alkanes of at least 4 members (excludes halogenated alkanes) is 2. The number of phenols is 2. The Bertz CT molecular complexity index is 3950. The number of non-ortho nitro benzene ring substituents is 2. The SMILES string of the molecule is CCCCn1c(O)c(N=Nc2cc([N+](=O)[O-])ccc2O)c(C)c(C#N)c1=O.CN1C(=CC2=[N+](C)c3c(ccc4ccccc34)C2(C)C)C(C)(C)c2ccccc21.[C-]#[N+]c1c(C)c(N=Nc2cc([N+](=O)[O-])ccc2O)c(O)n(CCCC)c1=O.[Co]. The number of azo groups is 2. The number of hydrogen-bond donors (Lipinski definition) is 4. The van der Waals surface area contributed by atoms with Crippen molar-refractivity contribution in [2.45, 2.75) is 105 Å². The summed E-state index contributed by atoms with van der Waals surface area (Å²) in [4.78, 5) is 50.7. The van der Waals surface area contributed by atoms with Crippen molar-refractivity contribution >= 4 is 67.7 Å². The molecule has 2 aromatic heterocycles. The molecule has 2 aliphatic rings. The third kappa shape index (κ3) is 12.2. The number of fused-ring (bicyclic) bond motifs is 4. The number of allylic oxidation sites excluding steroid dienone is 2. The van der Waals surface area contributed by atoms with Crippen LogP contribution < -0.4 is 16.0 Å². The van der Waals surface area contributed by atoms with E-state index in [1.807, 2.05) is 13.8 Å². The Morgan fingerprint density at radius 3 is 1.74 bits per heavy atom. The number of phenolic OH excluding ortho intramolecular Hbond substituents is 2. The molecule has 0 saturated carbocycles. The molecule has 0 atom stereocenters. The summed E-state index contributed by atoms with van der Waals surface area (Å²) < 4.78 is 4.50. The van der Waals surface area contributed by atoms with Gasteiger partial charge in [0, 0.05) is 95.2 Å². The van der Waals surface area contributed by atoms with Crippen LogP contribution in [0.3, 0.4) is 0 Å². The molecule has 5 aromatic carbocycles. The number of hydrogen-bond acceptors (Lipinski definition) is 16. The number of nitro groups is 2. The second-order valence-electron chi connectivity index (χ2n) is 20.9. The molecule has 9 rings (SSSR count). The topological polar surface area (TPSA) is 295 Å². The molecular weight excluding hydrogens is 1120 g/mol. The van der Waals surface area contributed by atoms with Crippen LogP contribution in [-0.4, -0.2) is 63.8 Å². The van der Waals surface area contributed by atoms with Crippen LogP contribution in [0.25, 0.3) is 15.6 Å². The predicted octanol–water partition coefficient (Wildman–Crippen LogP) is 14.0. The smallest absolute Gasteiger partial charge is 0.271 e. The minimum atomic E-state index is -0.653. The van der Waals surface area contributed by atoms with Crippen LogP contribution in [-0.2, 0) is 40.7 Å². The number of benzene rings is 5. The van der Waals surface area contributed by atoms with Gasteiger partial charge in [-0.25, -0.2) is 4.85 Å². The normalized spacial score (nSPS) is 14.0. The Labute approximate surface area is 494 Å². The molecule has 4 N–H and O–H groups in total. The van der Waals surface area contributed by atoms with E-state index in [9.17, 15) is 55.5 Å². The maximum absolute atomic E-state index is 12.3. The Hall–Kier alpha value is -9.84. The average Bonchev–Trinajstić information content (AvgIpc) is 1.88. The number of likely N-dealkylation sites (N-methyl/N-ethyl adjacent to an activating group) is 1. The number of nitro benzene ring substituents is 2. The second kappa shape index (κ2) is 25.9. The van der Waals surface area contributed by atoms with Crippen molar-refractivity contribution in [2.24, 2.45) is 20.5 Å². The van der Waals surface area contributed by atoms with E-state index in [2.05, 4.69) is 143 Å². The number of aromatic nitrogens is 2. The quantitative estimate of drug-likeness (QED) is 0.0275. The number of pyridine rings is 2. The van der Waals surface area contributed by atoms with Gasteiger partial charge in [-0.15, -0.1) is 20.5 Å². The molecule has 435 valence electrons. The maximum Gasteiger partial charge on any atom is 0.271 e. The third-order valence-electron chi connectivity index (χ3n) is 15.0. The zero-order valence-corrected chi connectivity index (χ0v) is 49.0. The number of rotatable bonds is 13. The molecule has 4 heterocycles. The van der Waals surface area contributed by atoms with E-state index in [-0.39, 0.29) is 109 Å². The van der Waals surface area contributed by atoms with E-state index in [0.29, 0.717) is 12.8 Å². The van der Waals surface area contributed by atoms with E-state index in [0.717, 1.165) is 58.4 Å². The first-order valence-corrected chi connectivity index (χ1v) is 26.5. The minimum absolute atomic E-state index is 0. The minimum Gasteiger partial charge on any atom is -0.506 e. The van der Waals surface area contributed by atoms with Gasteiger partial charge in [0.25, 0.3) is 28.2 Å². The van der Waals surface area contributed by atoms with Crippen LogP contribution in [0.15, 0.2) is 139 Å². The van der Waals surface area contributed by atoms with Gasteiger partial charge in [-0.2, -0.15) is 9.84 Å². The van der Waals surface area contributed by atoms with Crippen molar-refractivity contribution in [1.29, 1.82) is 5.26 Å². The molecular formula is C61H63CoN12O10+. The van der Waals surface area contributed by atoms with Crippen LogP contribution in [0.1, 0.15) is 95.0 Å². The number of nitrogens with zero attached hydrogens (tertiary/aromatic N) is 12. The third-order valence-corrected chi connectivity index (χ3v) is 15.0. The van der Waals surface area contributed by atoms with Crippen LogP contribution in [0, 0.1) is 52.0 Å². The number of nitriles is 1. The summed E-state index contributed by atoms with van der Waals surface area (Å²) in [7, 11) is 4.42. The first-order valence-electron chi connectivity index (χ1n) is 26.5. The zero-order chi connectivity index (χ0) is 60.8. The van der Waals surface area contributed by atoms with E-state index < -0.39 is 32.7 Å². The molecule has 0 aliphatic carbocycles. The van der Waals surface area contributed by atoms with Crippen LogP contribution in [0.4, 0.5) is 51.2 Å². The van der Waals surface area contributed by atoms with Crippen LogP contribution in [0.2, 0.25) is 0 Å². The molecule has 84 heavy (non-hydrogen) atoms. The van der Waals surface area contributed by atoms with Gasteiger partial charge in [0.05, 0.1) is 27.2 Å². The number of para-hydroxylation sites is 1. The Kier molecular flexibility index (Phi) is 19.6. The molecule has 0 spiro atoms. The van der Waals surface area contributed by atoms with Crippen molar-refractivity contribution in [2.75, 3.05) is 19.0 Å². The molecule has 2 aliphatic heterocycles. The molecule has 0 unspecified atom stereocenters. The molecule has 1 radical (unpaired) electrons. The van der Waals surface area contributed by atoms with Gasteiger partial charge < -0.3 is 25.3 Å². The summed E-state index contributed by atoms with van der Waals surface area (Å²) in [5, 5.41) is 89.2. The molecule has 22 nitrogen and oxygen atoms in total. The average molecular weight is 1180 g/mol. The fourth-order valence-corrected chi connectivity index (χ4v) is 10.2. The number of aromatic hydroxyl groups is 4. The van der Waals surface area contributed by atoms with Gasteiger partial charge in [0.15, 0.2) is 11.4 Å². The fourth-order valence-electron chi connectivity index (χ4n) is 10.2. The van der Waals surface area contributed by atoms with Crippen molar-refractivity contribution in [3.05, 3.63) is 189 Å². The molecule has 0 bridgehead atoms. The monoisotopic (exact) mass is 1180 g/mol. The van der Waals surface area contributed by atoms with Gasteiger partial charge in [-0.3, -0.25) is 39.0 Å². The van der Waals surface area contributed by atoms with Crippen LogP contribution in [0.5, 0.6) is 23.3 Å². The molecule has 23 heteroatoms. The standard InChI is InChI=1S/C27H29N2.2C17H17N5O5.Co/c1-26(2)20-13-9-10-14-22(20)28(5)23(26)17-24-27(3,4)21-16-15-18-11-7-8-12-19(18)25(21)29(24)6;1-4-5-8-21-16(24)14(18-3)10(2)15(17(21)25)20-19-12-9-11(22(26)27)6-7-13(12)23;1-3-4-7-21-16(24)12(9-18)10(2)15(17(21)25)20-19-13-8-11(22(26)27)5-6-14(13)23;/h7-17H,1-6H3;6-7,9,23,25H,4-5,8H2,1-2H3;5-6,8,23,25H,3-4,7H2,1-2H3;/q+1;;;. The predicted molar refractivity (Wildman–Crippen MR) is 317 cm³/mol. The van der Waals surface area contributed by atoms with E-state index in [1.54, 1.807) is 6.07 Å². The Morgan fingerprint density at radius 1 is 0.714 bits per heavy atom. The first kappa shape index (κ1) is 63.3. The van der Waals surface area contributed by atoms with Crippen molar-refractivity contribution in [1.82, 2.24) is 9.13 Å². The number of anilines is 1. The van der Waals surface area contributed by atoms with Gasteiger partial charge >= 0.3 is 0 Å². The second-order valence-corrected chi connectivity index (χ2v) is 20.9. The van der Waals surface area contributed by atoms with Gasteiger partial charge in [-0.1, -0.05) is 89.1 Å². The van der Waals surface area contributed by atoms with E-state index >= 15 is 0 Å². The van der Waals surface area contributed by atoms with Crippen molar-refractivity contribution in [3.8, 4) is 29.3 Å². The van der Waals surface area contributed by atoms with Gasteiger partial charge in [-0.05, 0) is 81.3 Å². The maximum atomic E-state index is 12.3. The van der Waals surface area contributed by atoms with Gasteiger partial charge in [0.1, 0.15) is 47.2 Å². The largest absolute Gasteiger partial charge is 0.506 e. The summed E-state index contributed by atoms with van der Waals surface area (Å²) >= 11 is 0. The Morgan fingerprint density at radius 2 is 1.23 bits per heavy atom. The molecule has 0 amide bonds. The Balaban J connectivity index is 0.000000201. The molecule has 0 fully saturated rings. The molecule has 7 aromatic rings.